The smallest absolute Gasteiger partial charge is 0.284 e. The summed E-state index contributed by atoms with van der Waals surface area (Å²) >= 11 is 12.1. The minimum absolute atomic E-state index is 0.0542. The lowest BCUT2D eigenvalue weighted by Crippen LogP contribution is -2.18. The Balaban J connectivity index is 1.74. The molecule has 190 valence electrons. The van der Waals surface area contributed by atoms with Crippen LogP contribution in [-0.4, -0.2) is 22.7 Å². The molecule has 37 heavy (non-hydrogen) atoms. The Hall–Kier alpha value is -3.44. The van der Waals surface area contributed by atoms with Gasteiger partial charge in [0.25, 0.3) is 20.0 Å². The molecule has 0 aliphatic rings. The summed E-state index contributed by atoms with van der Waals surface area (Å²) in [5.74, 6) is -0.682. The van der Waals surface area contributed by atoms with Crippen LogP contribution in [0.3, 0.4) is 0 Å². The van der Waals surface area contributed by atoms with Gasteiger partial charge in [0.1, 0.15) is 10.7 Å². The van der Waals surface area contributed by atoms with Gasteiger partial charge in [0.2, 0.25) is 0 Å². The Morgan fingerprint density at radius 3 is 2.14 bits per heavy atom. The van der Waals surface area contributed by atoms with E-state index in [0.29, 0.717) is 5.02 Å². The van der Waals surface area contributed by atoms with E-state index in [9.17, 15) is 21.2 Å². The van der Waals surface area contributed by atoms with Gasteiger partial charge in [-0.05, 0) is 72.8 Å². The van der Waals surface area contributed by atoms with Crippen LogP contribution < -0.4 is 10.0 Å². The zero-order valence-electron chi connectivity index (χ0n) is 18.8. The monoisotopic (exact) mass is 577 g/mol. The van der Waals surface area contributed by atoms with E-state index in [4.69, 9.17) is 23.2 Å². The van der Waals surface area contributed by atoms with Gasteiger partial charge in [-0.1, -0.05) is 47.5 Å². The second-order valence-corrected chi connectivity index (χ2v) is 11.7. The maximum Gasteiger partial charge on any atom is 0.284 e. The SMILES string of the molecule is O=S(=O)(N=C(Nc1ccc(Cl)c(S(=O)(=O)Nc2cccc(Cl)c2)c1)c1ccc(F)cc1)c1ccccc1. The fourth-order valence-corrected chi connectivity index (χ4v) is 5.97. The highest BCUT2D eigenvalue weighted by Gasteiger charge is 2.21. The molecule has 0 aliphatic heterocycles. The van der Waals surface area contributed by atoms with Crippen LogP contribution in [0.2, 0.25) is 10.0 Å². The lowest BCUT2D eigenvalue weighted by Gasteiger charge is -2.14. The van der Waals surface area contributed by atoms with Crippen LogP contribution in [0.25, 0.3) is 0 Å². The van der Waals surface area contributed by atoms with Crippen molar-refractivity contribution in [2.75, 3.05) is 10.0 Å². The standard InChI is InChI=1S/C25H18Cl2FN3O4S2/c26-18-5-4-6-21(15-18)30-37(34,35)24-16-20(13-14-23(24)27)29-25(17-9-11-19(28)12-10-17)31-36(32,33)22-7-2-1-3-8-22/h1-16,30H,(H,29,31). The summed E-state index contributed by atoms with van der Waals surface area (Å²) in [6.07, 6.45) is 0. The molecule has 0 saturated carbocycles. The summed E-state index contributed by atoms with van der Waals surface area (Å²) in [5, 5.41) is 3.09. The zero-order chi connectivity index (χ0) is 26.6. The van der Waals surface area contributed by atoms with Crippen molar-refractivity contribution < 1.29 is 21.2 Å². The molecule has 4 aromatic rings. The first-order chi connectivity index (χ1) is 17.5. The number of nitrogens with one attached hydrogen (secondary N) is 2. The summed E-state index contributed by atoms with van der Waals surface area (Å²) in [4.78, 5) is -0.329. The molecular formula is C25H18Cl2FN3O4S2. The van der Waals surface area contributed by atoms with E-state index in [1.807, 2.05) is 0 Å². The molecule has 4 aromatic carbocycles. The molecule has 0 atom stereocenters. The third kappa shape index (κ3) is 6.66. The van der Waals surface area contributed by atoms with Crippen LogP contribution in [0.5, 0.6) is 0 Å². The normalized spacial score (nSPS) is 12.2. The second kappa shape index (κ2) is 10.9. The van der Waals surface area contributed by atoms with Gasteiger partial charge in [-0.25, -0.2) is 12.8 Å². The summed E-state index contributed by atoms with van der Waals surface area (Å²) < 4.78 is 71.9. The number of anilines is 2. The van der Waals surface area contributed by atoms with E-state index in [1.165, 1.54) is 54.6 Å². The van der Waals surface area contributed by atoms with Gasteiger partial charge in [0.15, 0.2) is 5.84 Å². The van der Waals surface area contributed by atoms with E-state index in [-0.39, 0.29) is 37.6 Å². The van der Waals surface area contributed by atoms with Crippen molar-refractivity contribution in [3.8, 4) is 0 Å². The average molecular weight is 578 g/mol. The van der Waals surface area contributed by atoms with Crippen LogP contribution in [0.1, 0.15) is 5.56 Å². The number of halogens is 3. The first-order valence-electron chi connectivity index (χ1n) is 10.5. The number of amidine groups is 1. The minimum atomic E-state index is -4.17. The zero-order valence-corrected chi connectivity index (χ0v) is 21.9. The molecule has 0 bridgehead atoms. The quantitative estimate of drug-likeness (QED) is 0.201. The number of benzene rings is 4. The van der Waals surface area contributed by atoms with E-state index >= 15 is 0 Å². The van der Waals surface area contributed by atoms with Crippen molar-refractivity contribution >= 4 is 60.5 Å². The van der Waals surface area contributed by atoms with Gasteiger partial charge < -0.3 is 5.32 Å². The van der Waals surface area contributed by atoms with Gasteiger partial charge in [-0.3, -0.25) is 4.72 Å². The van der Waals surface area contributed by atoms with Crippen molar-refractivity contribution in [2.45, 2.75) is 9.79 Å². The molecule has 0 spiro atoms. The van der Waals surface area contributed by atoms with Crippen molar-refractivity contribution in [1.29, 1.82) is 0 Å². The molecule has 0 aliphatic carbocycles. The molecule has 0 radical (unpaired) electrons. The van der Waals surface area contributed by atoms with Crippen LogP contribution in [0.15, 0.2) is 111 Å². The van der Waals surface area contributed by atoms with Crippen molar-refractivity contribution in [1.82, 2.24) is 0 Å². The van der Waals surface area contributed by atoms with Gasteiger partial charge in [-0.15, -0.1) is 4.40 Å². The van der Waals surface area contributed by atoms with E-state index in [0.717, 1.165) is 12.1 Å². The molecule has 0 heterocycles. The fourth-order valence-electron chi connectivity index (χ4n) is 3.21. The molecule has 0 amide bonds. The van der Waals surface area contributed by atoms with Crippen LogP contribution >= 0.6 is 23.2 Å². The minimum Gasteiger partial charge on any atom is -0.339 e. The van der Waals surface area contributed by atoms with Crippen LogP contribution in [0, 0.1) is 5.82 Å². The lowest BCUT2D eigenvalue weighted by molar-refractivity contribution is 0.597. The van der Waals surface area contributed by atoms with Crippen molar-refractivity contribution in [2.24, 2.45) is 4.40 Å². The van der Waals surface area contributed by atoms with E-state index in [2.05, 4.69) is 14.4 Å². The number of rotatable bonds is 7. The topological polar surface area (TPSA) is 105 Å². The Morgan fingerprint density at radius 1 is 0.757 bits per heavy atom. The Labute approximate surface area is 223 Å². The first-order valence-corrected chi connectivity index (χ1v) is 14.2. The Kier molecular flexibility index (Phi) is 7.84. The predicted molar refractivity (Wildman–Crippen MR) is 144 cm³/mol. The van der Waals surface area contributed by atoms with Gasteiger partial charge in [0.05, 0.1) is 15.6 Å². The van der Waals surface area contributed by atoms with Crippen molar-refractivity contribution in [3.05, 3.63) is 118 Å². The Morgan fingerprint density at radius 2 is 1.46 bits per heavy atom. The van der Waals surface area contributed by atoms with E-state index in [1.54, 1.807) is 30.3 Å². The van der Waals surface area contributed by atoms with Gasteiger partial charge in [-0.2, -0.15) is 8.42 Å². The number of hydrogen-bond donors (Lipinski definition) is 2. The molecule has 12 heteroatoms. The lowest BCUT2D eigenvalue weighted by atomic mass is 10.2. The summed E-state index contributed by atoms with van der Waals surface area (Å²) in [5.41, 5.74) is 0.643. The highest BCUT2D eigenvalue weighted by Crippen LogP contribution is 2.28. The maximum atomic E-state index is 13.5. The highest BCUT2D eigenvalue weighted by atomic mass is 35.5. The third-order valence-electron chi connectivity index (χ3n) is 4.93. The van der Waals surface area contributed by atoms with Gasteiger partial charge >= 0.3 is 0 Å². The molecule has 0 fully saturated rings. The molecular weight excluding hydrogens is 560 g/mol. The van der Waals surface area contributed by atoms with E-state index < -0.39 is 25.9 Å². The number of nitrogens with zero attached hydrogens (tertiary/aromatic N) is 1. The molecule has 7 nitrogen and oxygen atoms in total. The first kappa shape index (κ1) is 26.6. The van der Waals surface area contributed by atoms with Crippen LogP contribution in [0.4, 0.5) is 15.8 Å². The highest BCUT2D eigenvalue weighted by molar-refractivity contribution is 7.92. The maximum absolute atomic E-state index is 13.5. The molecule has 2 N–H and O–H groups in total. The van der Waals surface area contributed by atoms with Crippen LogP contribution in [-0.2, 0) is 20.0 Å². The predicted octanol–water partition coefficient (Wildman–Crippen LogP) is 6.18. The summed E-state index contributed by atoms with van der Waals surface area (Å²) in [6.45, 7) is 0. The Bertz CT molecular complexity index is 1680. The summed E-state index contributed by atoms with van der Waals surface area (Å²) in [6, 6.07) is 22.7. The molecule has 4 rings (SSSR count). The fraction of sp³-hybridized carbons (Fsp3) is 0. The average Bonchev–Trinajstić information content (AvgIpc) is 2.85. The number of hydrogen-bond acceptors (Lipinski definition) is 4. The summed E-state index contributed by atoms with van der Waals surface area (Å²) in [7, 11) is -8.32. The van der Waals surface area contributed by atoms with Gasteiger partial charge in [0, 0.05) is 16.3 Å². The molecule has 0 aromatic heterocycles. The second-order valence-electron chi connectivity index (χ2n) is 7.62. The molecule has 0 unspecified atom stereocenters. The van der Waals surface area contributed by atoms with Crippen molar-refractivity contribution in [3.63, 3.8) is 0 Å². The third-order valence-corrected chi connectivity index (χ3v) is 8.32. The number of sulfonamides is 2. The molecule has 0 saturated heterocycles. The largest absolute Gasteiger partial charge is 0.339 e.